The maximum Gasteiger partial charge on any atom is 0.246 e. The highest BCUT2D eigenvalue weighted by Gasteiger charge is 2.24. The molecule has 0 aliphatic rings. The number of nitrogens with zero attached hydrogens (tertiary/aromatic N) is 3. The molecule has 0 fully saturated rings. The number of nitrogens with one attached hydrogen (secondary N) is 1. The minimum absolute atomic E-state index is 0.00440. The average Bonchev–Trinajstić information content (AvgIpc) is 2.62. The first-order valence-corrected chi connectivity index (χ1v) is 7.50. The fraction of sp³-hybridized carbons (Fsp3) is 0.333. The molecule has 2 rings (SSSR count). The molecule has 2 aromatic heterocycles. The maximum absolute atomic E-state index is 12.3. The molecule has 0 unspecified atom stereocenters. The number of nitrogen functional groups attached to an aromatic ring is 1. The number of hydrogen-bond acceptors (Lipinski definition) is 5. The third-order valence-electron chi connectivity index (χ3n) is 3.12. The molecule has 0 amide bonds. The molecule has 0 aromatic carbocycles. The van der Waals surface area contributed by atoms with E-state index in [2.05, 4.69) is 14.8 Å². The second-order valence-corrected chi connectivity index (χ2v) is 6.22. The van der Waals surface area contributed by atoms with Crippen molar-refractivity contribution in [2.24, 2.45) is 7.05 Å². The van der Waals surface area contributed by atoms with Gasteiger partial charge < -0.3 is 5.73 Å². The highest BCUT2D eigenvalue weighted by Crippen LogP contribution is 2.21. The minimum atomic E-state index is -3.71. The van der Waals surface area contributed by atoms with Gasteiger partial charge in [0, 0.05) is 13.2 Å². The van der Waals surface area contributed by atoms with Crippen LogP contribution in [0.15, 0.2) is 23.2 Å². The molecule has 0 bridgehead atoms. The van der Waals surface area contributed by atoms with Crippen molar-refractivity contribution in [1.82, 2.24) is 19.5 Å². The number of hydrogen-bond donors (Lipinski definition) is 2. The van der Waals surface area contributed by atoms with Crippen molar-refractivity contribution in [1.29, 1.82) is 0 Å². The summed E-state index contributed by atoms with van der Waals surface area (Å²) in [4.78, 5) is 4.17. The molecule has 0 aliphatic carbocycles. The first kappa shape index (κ1) is 14.5. The van der Waals surface area contributed by atoms with Crippen LogP contribution in [0.2, 0.25) is 0 Å². The number of pyridine rings is 1. The van der Waals surface area contributed by atoms with Gasteiger partial charge in [0.1, 0.15) is 4.90 Å². The monoisotopic (exact) mass is 295 g/mol. The Bertz CT molecular complexity index is 736. The number of anilines is 1. The van der Waals surface area contributed by atoms with Crippen molar-refractivity contribution in [3.05, 3.63) is 35.3 Å². The standard InChI is InChI=1S/C12H17N5O2S/c1-8-5-4-6-14-10(8)7-15-20(18,19)11-9(2)17(3)16-12(11)13/h4-6,15H,7H2,1-3H3,(H2,13,16). The second-order valence-electron chi connectivity index (χ2n) is 4.51. The Morgan fingerprint density at radius 3 is 2.65 bits per heavy atom. The summed E-state index contributed by atoms with van der Waals surface area (Å²) >= 11 is 0. The number of aromatic nitrogens is 3. The smallest absolute Gasteiger partial charge is 0.246 e. The van der Waals surface area contributed by atoms with Gasteiger partial charge in [0.25, 0.3) is 0 Å². The van der Waals surface area contributed by atoms with Gasteiger partial charge in [-0.05, 0) is 25.5 Å². The lowest BCUT2D eigenvalue weighted by Crippen LogP contribution is -2.25. The lowest BCUT2D eigenvalue weighted by molar-refractivity contribution is 0.579. The summed E-state index contributed by atoms with van der Waals surface area (Å²) in [5.41, 5.74) is 7.75. The van der Waals surface area contributed by atoms with Gasteiger partial charge in [-0.3, -0.25) is 9.67 Å². The normalized spacial score (nSPS) is 11.8. The van der Waals surface area contributed by atoms with Crippen molar-refractivity contribution in [3.8, 4) is 0 Å². The number of nitrogens with two attached hydrogens (primary N) is 1. The van der Waals surface area contributed by atoms with Crippen LogP contribution in [-0.4, -0.2) is 23.2 Å². The van der Waals surface area contributed by atoms with Crippen LogP contribution in [0.4, 0.5) is 5.82 Å². The van der Waals surface area contributed by atoms with Gasteiger partial charge in [-0.25, -0.2) is 13.1 Å². The van der Waals surface area contributed by atoms with Crippen molar-refractivity contribution >= 4 is 15.8 Å². The molecule has 2 aromatic rings. The van der Waals surface area contributed by atoms with E-state index in [4.69, 9.17) is 5.73 Å². The SMILES string of the molecule is Cc1cccnc1CNS(=O)(=O)c1c(N)nn(C)c1C. The van der Waals surface area contributed by atoms with Crippen molar-refractivity contribution < 1.29 is 8.42 Å². The van der Waals surface area contributed by atoms with E-state index >= 15 is 0 Å². The van der Waals surface area contributed by atoms with E-state index in [1.54, 1.807) is 26.2 Å². The van der Waals surface area contributed by atoms with Crippen LogP contribution < -0.4 is 10.5 Å². The van der Waals surface area contributed by atoms with Crippen LogP contribution in [0.1, 0.15) is 17.0 Å². The predicted octanol–water partition coefficient (Wildman–Crippen LogP) is 0.493. The minimum Gasteiger partial charge on any atom is -0.381 e. The van der Waals surface area contributed by atoms with Crippen LogP contribution in [0.5, 0.6) is 0 Å². The molecule has 3 N–H and O–H groups in total. The van der Waals surface area contributed by atoms with Gasteiger partial charge in [-0.2, -0.15) is 5.10 Å². The molecule has 0 saturated carbocycles. The molecule has 8 heteroatoms. The Labute approximate surface area is 117 Å². The van der Waals surface area contributed by atoms with Crippen molar-refractivity contribution in [3.63, 3.8) is 0 Å². The molecule has 0 radical (unpaired) electrons. The Morgan fingerprint density at radius 1 is 1.40 bits per heavy atom. The first-order valence-electron chi connectivity index (χ1n) is 6.02. The number of rotatable bonds is 4. The summed E-state index contributed by atoms with van der Waals surface area (Å²) in [6.45, 7) is 3.65. The van der Waals surface area contributed by atoms with Crippen molar-refractivity contribution in [2.45, 2.75) is 25.3 Å². The molecule has 2 heterocycles. The van der Waals surface area contributed by atoms with E-state index in [1.807, 2.05) is 13.0 Å². The summed E-state index contributed by atoms with van der Waals surface area (Å²) in [7, 11) is -2.07. The highest BCUT2D eigenvalue weighted by molar-refractivity contribution is 7.89. The van der Waals surface area contributed by atoms with Crippen LogP contribution in [0.25, 0.3) is 0 Å². The van der Waals surface area contributed by atoms with Gasteiger partial charge in [0.15, 0.2) is 5.82 Å². The van der Waals surface area contributed by atoms with Crippen molar-refractivity contribution in [2.75, 3.05) is 5.73 Å². The Balaban J connectivity index is 2.27. The molecule has 0 saturated heterocycles. The average molecular weight is 295 g/mol. The van der Waals surface area contributed by atoms with Gasteiger partial charge in [-0.15, -0.1) is 0 Å². The summed E-state index contributed by atoms with van der Waals surface area (Å²) in [5, 5.41) is 3.91. The van der Waals surface area contributed by atoms with Crippen LogP contribution >= 0.6 is 0 Å². The Morgan fingerprint density at radius 2 is 2.10 bits per heavy atom. The molecule has 7 nitrogen and oxygen atoms in total. The largest absolute Gasteiger partial charge is 0.381 e. The van der Waals surface area contributed by atoms with Crippen LogP contribution in [0.3, 0.4) is 0 Å². The summed E-state index contributed by atoms with van der Waals surface area (Å²) in [6.07, 6.45) is 1.63. The third-order valence-corrected chi connectivity index (χ3v) is 4.69. The zero-order valence-electron chi connectivity index (χ0n) is 11.6. The molecular formula is C12H17N5O2S. The summed E-state index contributed by atoms with van der Waals surface area (Å²) < 4.78 is 28.5. The maximum atomic E-state index is 12.3. The zero-order valence-corrected chi connectivity index (χ0v) is 12.4. The summed E-state index contributed by atoms with van der Waals surface area (Å²) in [6, 6.07) is 3.68. The third kappa shape index (κ3) is 2.66. The Hall–Kier alpha value is -1.93. The molecule has 108 valence electrons. The highest BCUT2D eigenvalue weighted by atomic mass is 32.2. The molecule has 20 heavy (non-hydrogen) atoms. The molecule has 0 spiro atoms. The fourth-order valence-electron chi connectivity index (χ4n) is 1.89. The van der Waals surface area contributed by atoms with E-state index in [9.17, 15) is 8.42 Å². The lowest BCUT2D eigenvalue weighted by Gasteiger charge is -2.08. The topological polar surface area (TPSA) is 103 Å². The van der Waals surface area contributed by atoms with E-state index in [0.29, 0.717) is 11.4 Å². The Kier molecular flexibility index (Phi) is 3.78. The number of sulfonamides is 1. The van der Waals surface area contributed by atoms with Gasteiger partial charge in [-0.1, -0.05) is 6.07 Å². The first-order chi connectivity index (χ1) is 9.33. The van der Waals surface area contributed by atoms with E-state index < -0.39 is 10.0 Å². The van der Waals surface area contributed by atoms with Crippen LogP contribution in [0, 0.1) is 13.8 Å². The van der Waals surface area contributed by atoms with Gasteiger partial charge in [0.05, 0.1) is 17.9 Å². The van der Waals surface area contributed by atoms with Gasteiger partial charge in [0.2, 0.25) is 10.0 Å². The van der Waals surface area contributed by atoms with Crippen LogP contribution in [-0.2, 0) is 23.6 Å². The second kappa shape index (κ2) is 5.22. The zero-order chi connectivity index (χ0) is 14.9. The van der Waals surface area contributed by atoms with Gasteiger partial charge >= 0.3 is 0 Å². The number of aryl methyl sites for hydroxylation is 2. The molecule has 0 atom stereocenters. The van der Waals surface area contributed by atoms with E-state index in [0.717, 1.165) is 5.56 Å². The quantitative estimate of drug-likeness (QED) is 0.854. The predicted molar refractivity (Wildman–Crippen MR) is 75.4 cm³/mol. The fourth-order valence-corrected chi connectivity index (χ4v) is 3.19. The molecular weight excluding hydrogens is 278 g/mol. The lowest BCUT2D eigenvalue weighted by atomic mass is 10.2. The molecule has 0 aliphatic heterocycles. The summed E-state index contributed by atoms with van der Waals surface area (Å²) in [5.74, 6) is -0.00440. The van der Waals surface area contributed by atoms with E-state index in [-0.39, 0.29) is 17.3 Å². The van der Waals surface area contributed by atoms with E-state index in [1.165, 1.54) is 4.68 Å².